The number of rotatable bonds is 7. The van der Waals surface area contributed by atoms with E-state index in [1.54, 1.807) is 13.8 Å². The van der Waals surface area contributed by atoms with Crippen molar-refractivity contribution in [1.29, 1.82) is 0 Å². The van der Waals surface area contributed by atoms with E-state index >= 15 is 0 Å². The van der Waals surface area contributed by atoms with E-state index in [0.717, 1.165) is 12.0 Å². The lowest BCUT2D eigenvalue weighted by molar-refractivity contribution is 0.229. The molecule has 0 fully saturated rings. The molecule has 94 valence electrons. The van der Waals surface area contributed by atoms with Crippen molar-refractivity contribution in [2.45, 2.75) is 34.1 Å². The fourth-order valence-corrected chi connectivity index (χ4v) is 3.19. The summed E-state index contributed by atoms with van der Waals surface area (Å²) < 4.78 is 22.4. The Bertz CT molecular complexity index is 300. The van der Waals surface area contributed by atoms with Gasteiger partial charge in [-0.1, -0.05) is 24.6 Å². The highest BCUT2D eigenvalue weighted by molar-refractivity contribution is 7.57. The Kier molecular flexibility index (Phi) is 8.04. The van der Waals surface area contributed by atoms with Crippen molar-refractivity contribution in [3.05, 3.63) is 22.5 Å². The molecule has 0 radical (unpaired) electrons. The molecule has 0 spiro atoms. The Balaban J connectivity index is 4.97. The minimum absolute atomic E-state index is 0.329. The van der Waals surface area contributed by atoms with Crippen molar-refractivity contribution in [3.8, 4) is 0 Å². The maximum atomic E-state index is 12.1. The lowest BCUT2D eigenvalue weighted by Gasteiger charge is -2.14. The summed E-state index contributed by atoms with van der Waals surface area (Å²) in [7, 11) is -3.19. The van der Waals surface area contributed by atoms with Crippen LogP contribution in [0.1, 0.15) is 34.1 Å². The Labute approximate surface area is 103 Å². The Morgan fingerprint density at radius 3 is 2.06 bits per heavy atom. The van der Waals surface area contributed by atoms with Gasteiger partial charge in [-0.3, -0.25) is 4.57 Å². The summed E-state index contributed by atoms with van der Waals surface area (Å²) in [4.78, 5) is 0. The predicted molar refractivity (Wildman–Crippen MR) is 68.8 cm³/mol. The van der Waals surface area contributed by atoms with Gasteiger partial charge in [-0.25, -0.2) is 0 Å². The van der Waals surface area contributed by atoms with E-state index < -0.39 is 7.60 Å². The first-order valence-corrected chi connectivity index (χ1v) is 7.44. The maximum Gasteiger partial charge on any atom is 0.355 e. The van der Waals surface area contributed by atoms with Crippen LogP contribution in [-0.4, -0.2) is 13.2 Å². The fraction of sp³-hybridized carbons (Fsp3) is 0.636. The highest BCUT2D eigenvalue weighted by Gasteiger charge is 2.21. The van der Waals surface area contributed by atoms with Gasteiger partial charge in [-0.2, -0.15) is 0 Å². The van der Waals surface area contributed by atoms with E-state index in [4.69, 9.17) is 20.6 Å². The molecule has 0 N–H and O–H groups in total. The van der Waals surface area contributed by atoms with Crippen LogP contribution in [0.3, 0.4) is 0 Å². The van der Waals surface area contributed by atoms with Crippen LogP contribution in [0.2, 0.25) is 0 Å². The third-order valence-corrected chi connectivity index (χ3v) is 4.24. The second-order valence-corrected chi connectivity index (χ2v) is 5.28. The smallest absolute Gasteiger partial charge is 0.306 e. The summed E-state index contributed by atoms with van der Waals surface area (Å²) >= 11 is 6.06. The van der Waals surface area contributed by atoms with Crippen LogP contribution < -0.4 is 0 Å². The van der Waals surface area contributed by atoms with Gasteiger partial charge in [0.15, 0.2) is 0 Å². The van der Waals surface area contributed by atoms with Crippen molar-refractivity contribution in [2.24, 2.45) is 0 Å². The lowest BCUT2D eigenvalue weighted by atomic mass is 10.2. The van der Waals surface area contributed by atoms with Crippen molar-refractivity contribution in [1.82, 2.24) is 0 Å². The molecule has 0 aliphatic heterocycles. The summed E-state index contributed by atoms with van der Waals surface area (Å²) in [5, 5.41) is 0.440. The number of hydrogen-bond donors (Lipinski definition) is 0. The molecule has 0 aromatic rings. The van der Waals surface area contributed by atoms with Gasteiger partial charge >= 0.3 is 7.60 Å². The zero-order valence-electron chi connectivity index (χ0n) is 10.3. The molecule has 0 aromatic carbocycles. The highest BCUT2D eigenvalue weighted by Crippen LogP contribution is 2.51. The van der Waals surface area contributed by atoms with Crippen LogP contribution in [-0.2, 0) is 13.6 Å². The summed E-state index contributed by atoms with van der Waals surface area (Å²) in [6, 6.07) is 0. The van der Waals surface area contributed by atoms with Gasteiger partial charge in [0.25, 0.3) is 0 Å². The highest BCUT2D eigenvalue weighted by atomic mass is 35.5. The number of hydrogen-bond acceptors (Lipinski definition) is 3. The van der Waals surface area contributed by atoms with Crippen LogP contribution in [0.4, 0.5) is 0 Å². The third-order valence-electron chi connectivity index (χ3n) is 1.93. The molecule has 0 saturated carbocycles. The van der Waals surface area contributed by atoms with E-state index in [9.17, 15) is 4.57 Å². The third kappa shape index (κ3) is 5.31. The first kappa shape index (κ1) is 15.9. The van der Waals surface area contributed by atoms with Gasteiger partial charge in [-0.05, 0) is 32.8 Å². The van der Waals surface area contributed by atoms with Crippen molar-refractivity contribution in [3.63, 3.8) is 0 Å². The van der Waals surface area contributed by atoms with Crippen LogP contribution in [0.25, 0.3) is 0 Å². The second kappa shape index (κ2) is 8.08. The van der Waals surface area contributed by atoms with Crippen LogP contribution >= 0.6 is 19.2 Å². The first-order valence-electron chi connectivity index (χ1n) is 5.45. The molecule has 0 aromatic heterocycles. The first-order chi connectivity index (χ1) is 7.52. The van der Waals surface area contributed by atoms with E-state index in [0.29, 0.717) is 18.2 Å². The molecule has 0 unspecified atom stereocenters. The summed E-state index contributed by atoms with van der Waals surface area (Å²) in [5.74, 6) is 1.39. The average Bonchev–Trinajstić information content (AvgIpc) is 2.19. The minimum Gasteiger partial charge on any atom is -0.306 e. The minimum atomic E-state index is -3.19. The van der Waals surface area contributed by atoms with Crippen molar-refractivity contribution in [2.75, 3.05) is 13.2 Å². The molecule has 0 aliphatic carbocycles. The SMILES string of the molecule is CC=C(CC)C(Cl)=CP(=O)(OCC)OCC. The van der Waals surface area contributed by atoms with E-state index in [2.05, 4.69) is 0 Å². The fourth-order valence-electron chi connectivity index (χ4n) is 1.20. The largest absolute Gasteiger partial charge is 0.355 e. The molecule has 3 nitrogen and oxygen atoms in total. The summed E-state index contributed by atoms with van der Waals surface area (Å²) in [5.41, 5.74) is 0.932. The number of halogens is 1. The maximum absolute atomic E-state index is 12.1. The predicted octanol–water partition coefficient (Wildman–Crippen LogP) is 4.69. The second-order valence-electron chi connectivity index (χ2n) is 3.02. The van der Waals surface area contributed by atoms with Gasteiger partial charge in [-0.15, -0.1) is 0 Å². The van der Waals surface area contributed by atoms with Crippen molar-refractivity contribution >= 4 is 19.2 Å². The van der Waals surface area contributed by atoms with Crippen LogP contribution in [0.5, 0.6) is 0 Å². The molecule has 0 bridgehead atoms. The van der Waals surface area contributed by atoms with Gasteiger partial charge in [0, 0.05) is 5.82 Å². The van der Waals surface area contributed by atoms with Crippen LogP contribution in [0.15, 0.2) is 22.5 Å². The van der Waals surface area contributed by atoms with E-state index in [1.165, 1.54) is 5.82 Å². The van der Waals surface area contributed by atoms with Gasteiger partial charge in [0.05, 0.1) is 18.2 Å². The Morgan fingerprint density at radius 2 is 1.75 bits per heavy atom. The van der Waals surface area contributed by atoms with Crippen molar-refractivity contribution < 1.29 is 13.6 Å². The normalized spacial score (nSPS) is 14.3. The molecule has 16 heavy (non-hydrogen) atoms. The topological polar surface area (TPSA) is 35.5 Å². The average molecular weight is 267 g/mol. The monoisotopic (exact) mass is 266 g/mol. The molecule has 0 aliphatic rings. The van der Waals surface area contributed by atoms with Gasteiger partial charge in [0.1, 0.15) is 0 Å². The Morgan fingerprint density at radius 1 is 1.25 bits per heavy atom. The molecule has 0 rings (SSSR count). The molecule has 5 heteroatoms. The van der Waals surface area contributed by atoms with Crippen LogP contribution in [0, 0.1) is 0 Å². The van der Waals surface area contributed by atoms with Gasteiger partial charge < -0.3 is 9.05 Å². The molecular weight excluding hydrogens is 247 g/mol. The molecule has 0 heterocycles. The standard InChI is InChI=1S/C11H20ClO3P/c1-5-10(6-2)11(12)9-16(13,14-7-3)15-8-4/h5,9H,6-8H2,1-4H3. The molecular formula is C11H20ClO3P. The summed E-state index contributed by atoms with van der Waals surface area (Å²) in [6.07, 6.45) is 2.67. The van der Waals surface area contributed by atoms with E-state index in [1.807, 2.05) is 19.9 Å². The molecule has 0 amide bonds. The summed E-state index contributed by atoms with van der Waals surface area (Å²) in [6.45, 7) is 8.07. The van der Waals surface area contributed by atoms with E-state index in [-0.39, 0.29) is 0 Å². The zero-order chi connectivity index (χ0) is 12.6. The number of allylic oxidation sites excluding steroid dienone is 3. The molecule has 0 atom stereocenters. The Hall–Kier alpha value is -0.0800. The quantitative estimate of drug-likeness (QED) is 0.495. The lowest BCUT2D eigenvalue weighted by Crippen LogP contribution is -1.94. The molecule has 0 saturated heterocycles. The van der Waals surface area contributed by atoms with Gasteiger partial charge in [0.2, 0.25) is 0 Å². The zero-order valence-corrected chi connectivity index (χ0v) is 12.0.